The Morgan fingerprint density at radius 3 is 2.60 bits per heavy atom. The number of esters is 1. The molecule has 1 atom stereocenters. The van der Waals surface area contributed by atoms with Gasteiger partial charge in [-0.05, 0) is 52.5 Å². The van der Waals surface area contributed by atoms with Crippen LogP contribution in [0.3, 0.4) is 0 Å². The van der Waals surface area contributed by atoms with Crippen LogP contribution in [0.2, 0.25) is 0 Å². The Kier molecular flexibility index (Phi) is 6.54. The van der Waals surface area contributed by atoms with Gasteiger partial charge in [-0.15, -0.1) is 0 Å². The summed E-state index contributed by atoms with van der Waals surface area (Å²) in [5, 5.41) is 9.03. The monoisotopic (exact) mass is 405 g/mol. The Labute approximate surface area is 154 Å². The number of rotatable bonds is 6. The van der Waals surface area contributed by atoms with Crippen LogP contribution >= 0.6 is 15.9 Å². The van der Waals surface area contributed by atoms with Gasteiger partial charge in [0.25, 0.3) is 0 Å². The van der Waals surface area contributed by atoms with Gasteiger partial charge in [0.1, 0.15) is 5.82 Å². The molecule has 0 aromatic heterocycles. The van der Waals surface area contributed by atoms with Crippen LogP contribution < -0.4 is 9.47 Å². The summed E-state index contributed by atoms with van der Waals surface area (Å²) in [7, 11) is 0. The topological polar surface area (TPSA) is 59.3 Å². The van der Waals surface area contributed by atoms with E-state index in [2.05, 4.69) is 15.9 Å². The van der Waals surface area contributed by atoms with Gasteiger partial charge in [-0.3, -0.25) is 4.79 Å². The molecular weight excluding hydrogens is 389 g/mol. The number of nitrogens with zero attached hydrogens (tertiary/aromatic N) is 1. The first-order valence-electron chi connectivity index (χ1n) is 7.77. The van der Waals surface area contributed by atoms with E-state index in [1.54, 1.807) is 25.1 Å². The Hall–Kier alpha value is -2.39. The van der Waals surface area contributed by atoms with E-state index in [9.17, 15) is 9.18 Å². The van der Waals surface area contributed by atoms with E-state index in [0.29, 0.717) is 22.4 Å². The van der Waals surface area contributed by atoms with Crippen LogP contribution in [-0.4, -0.2) is 12.6 Å². The van der Waals surface area contributed by atoms with Crippen molar-refractivity contribution >= 4 is 21.9 Å². The fraction of sp³-hybridized carbons (Fsp3) is 0.263. The van der Waals surface area contributed by atoms with Gasteiger partial charge in [-0.2, -0.15) is 5.26 Å². The summed E-state index contributed by atoms with van der Waals surface area (Å²) in [4.78, 5) is 12.3. The summed E-state index contributed by atoms with van der Waals surface area (Å²) in [6, 6.07) is 11.1. The van der Waals surface area contributed by atoms with Gasteiger partial charge in [-0.25, -0.2) is 4.39 Å². The lowest BCUT2D eigenvalue weighted by atomic mass is 9.98. The number of carbonyl (C=O) groups excluding carboxylic acids is 1. The highest BCUT2D eigenvalue weighted by Crippen LogP contribution is 2.37. The lowest BCUT2D eigenvalue weighted by Crippen LogP contribution is -2.13. The summed E-state index contributed by atoms with van der Waals surface area (Å²) in [6.07, 6.45) is 0.129. The molecule has 0 fully saturated rings. The highest BCUT2D eigenvalue weighted by molar-refractivity contribution is 9.10. The standard InChI is InChI=1S/C19H17BrFNO3/c1-3-24-17-10-13(11-22)9-16(20)19(17)25-18(23)8-12(2)14-4-6-15(21)7-5-14/h4-7,9-10,12H,3,8H2,1-2H3. The number of ether oxygens (including phenoxy) is 2. The predicted octanol–water partition coefficient (Wildman–Crippen LogP) is 4.96. The van der Waals surface area contributed by atoms with Gasteiger partial charge in [0.05, 0.1) is 29.1 Å². The van der Waals surface area contributed by atoms with Crippen molar-refractivity contribution < 1.29 is 18.7 Å². The van der Waals surface area contributed by atoms with Crippen molar-refractivity contribution in [2.45, 2.75) is 26.2 Å². The molecule has 0 saturated heterocycles. The van der Waals surface area contributed by atoms with Crippen molar-refractivity contribution in [1.82, 2.24) is 0 Å². The number of hydrogen-bond donors (Lipinski definition) is 0. The molecule has 2 rings (SSSR count). The molecule has 25 heavy (non-hydrogen) atoms. The number of halogens is 2. The first kappa shape index (κ1) is 18.9. The zero-order chi connectivity index (χ0) is 18.4. The Morgan fingerprint density at radius 2 is 2.00 bits per heavy atom. The zero-order valence-electron chi connectivity index (χ0n) is 13.9. The second-order valence-corrected chi connectivity index (χ2v) is 6.32. The lowest BCUT2D eigenvalue weighted by Gasteiger charge is -2.15. The average Bonchev–Trinajstić information content (AvgIpc) is 2.58. The molecule has 2 aromatic carbocycles. The summed E-state index contributed by atoms with van der Waals surface area (Å²) in [5.74, 6) is -0.307. The quantitative estimate of drug-likeness (QED) is 0.503. The average molecular weight is 406 g/mol. The largest absolute Gasteiger partial charge is 0.490 e. The Morgan fingerprint density at radius 1 is 1.32 bits per heavy atom. The number of hydrogen-bond acceptors (Lipinski definition) is 4. The third kappa shape index (κ3) is 5.04. The van der Waals surface area contributed by atoms with Crippen molar-refractivity contribution in [3.63, 3.8) is 0 Å². The summed E-state index contributed by atoms with van der Waals surface area (Å²) in [5.41, 5.74) is 1.25. The van der Waals surface area contributed by atoms with E-state index in [1.807, 2.05) is 13.0 Å². The first-order valence-corrected chi connectivity index (χ1v) is 8.56. The Bertz CT molecular complexity index is 800. The van der Waals surface area contributed by atoms with Crippen molar-refractivity contribution in [3.8, 4) is 17.6 Å². The van der Waals surface area contributed by atoms with Crippen molar-refractivity contribution in [2.75, 3.05) is 6.61 Å². The normalized spacial score (nSPS) is 11.5. The zero-order valence-corrected chi connectivity index (χ0v) is 15.5. The molecule has 0 aliphatic heterocycles. The molecule has 0 saturated carbocycles. The van der Waals surface area contributed by atoms with Crippen molar-refractivity contribution in [1.29, 1.82) is 5.26 Å². The molecule has 0 heterocycles. The molecule has 6 heteroatoms. The van der Waals surface area contributed by atoms with Crippen molar-refractivity contribution in [3.05, 3.63) is 57.8 Å². The molecule has 0 aliphatic carbocycles. The number of nitriles is 1. The van der Waals surface area contributed by atoms with E-state index < -0.39 is 5.97 Å². The van der Waals surface area contributed by atoms with Gasteiger partial charge in [0.2, 0.25) is 0 Å². The van der Waals surface area contributed by atoms with E-state index in [0.717, 1.165) is 5.56 Å². The maximum Gasteiger partial charge on any atom is 0.311 e. The third-order valence-corrected chi connectivity index (χ3v) is 4.16. The molecular formula is C19H17BrFNO3. The molecule has 1 unspecified atom stereocenters. The van der Waals surface area contributed by atoms with E-state index in [1.165, 1.54) is 18.2 Å². The molecule has 0 aliphatic rings. The van der Waals surface area contributed by atoms with E-state index in [-0.39, 0.29) is 23.9 Å². The Balaban J connectivity index is 2.14. The summed E-state index contributed by atoms with van der Waals surface area (Å²) < 4.78 is 24.4. The number of benzene rings is 2. The predicted molar refractivity (Wildman–Crippen MR) is 95.1 cm³/mol. The SMILES string of the molecule is CCOc1cc(C#N)cc(Br)c1OC(=O)CC(C)c1ccc(F)cc1. The third-order valence-electron chi connectivity index (χ3n) is 3.57. The van der Waals surface area contributed by atoms with Crippen LogP contribution in [0.15, 0.2) is 40.9 Å². The van der Waals surface area contributed by atoms with Crippen LogP contribution in [0.5, 0.6) is 11.5 Å². The summed E-state index contributed by atoms with van der Waals surface area (Å²) in [6.45, 7) is 4.04. The van der Waals surface area contributed by atoms with Crippen LogP contribution in [0.1, 0.15) is 37.3 Å². The maximum atomic E-state index is 13.0. The minimum absolute atomic E-state index is 0.124. The fourth-order valence-corrected chi connectivity index (χ4v) is 2.83. The van der Waals surface area contributed by atoms with Gasteiger partial charge in [0.15, 0.2) is 11.5 Å². The molecule has 0 bridgehead atoms. The molecule has 4 nitrogen and oxygen atoms in total. The highest BCUT2D eigenvalue weighted by atomic mass is 79.9. The van der Waals surface area contributed by atoms with Crippen LogP contribution in [-0.2, 0) is 4.79 Å². The van der Waals surface area contributed by atoms with Crippen LogP contribution in [0.4, 0.5) is 4.39 Å². The van der Waals surface area contributed by atoms with E-state index >= 15 is 0 Å². The molecule has 0 spiro atoms. The minimum Gasteiger partial charge on any atom is -0.490 e. The smallest absolute Gasteiger partial charge is 0.311 e. The number of carbonyl (C=O) groups is 1. The first-order chi connectivity index (χ1) is 11.9. The van der Waals surface area contributed by atoms with Gasteiger partial charge in [-0.1, -0.05) is 19.1 Å². The van der Waals surface area contributed by atoms with Gasteiger partial charge in [0, 0.05) is 6.07 Å². The van der Waals surface area contributed by atoms with Gasteiger partial charge >= 0.3 is 5.97 Å². The van der Waals surface area contributed by atoms with Crippen molar-refractivity contribution in [2.24, 2.45) is 0 Å². The fourth-order valence-electron chi connectivity index (χ4n) is 2.31. The van der Waals surface area contributed by atoms with Crippen LogP contribution in [0.25, 0.3) is 0 Å². The van der Waals surface area contributed by atoms with Gasteiger partial charge < -0.3 is 9.47 Å². The minimum atomic E-state index is -0.441. The second-order valence-electron chi connectivity index (χ2n) is 5.46. The maximum absolute atomic E-state index is 13.0. The summed E-state index contributed by atoms with van der Waals surface area (Å²) >= 11 is 3.31. The molecule has 0 N–H and O–H groups in total. The second kappa shape index (κ2) is 8.63. The molecule has 2 aromatic rings. The molecule has 0 amide bonds. The molecule has 130 valence electrons. The van der Waals surface area contributed by atoms with E-state index in [4.69, 9.17) is 14.7 Å². The highest BCUT2D eigenvalue weighted by Gasteiger charge is 2.18. The lowest BCUT2D eigenvalue weighted by molar-refractivity contribution is -0.134. The molecule has 0 radical (unpaired) electrons. The van der Waals surface area contributed by atoms with Crippen LogP contribution in [0, 0.1) is 17.1 Å².